The van der Waals surface area contributed by atoms with Gasteiger partial charge in [0.2, 0.25) is 0 Å². The third-order valence-corrected chi connectivity index (χ3v) is 3.83. The van der Waals surface area contributed by atoms with E-state index < -0.39 is 0 Å². The molecule has 0 fully saturated rings. The summed E-state index contributed by atoms with van der Waals surface area (Å²) in [6.45, 7) is 7.04. The molecule has 0 radical (unpaired) electrons. The second kappa shape index (κ2) is 5.40. The Balaban J connectivity index is 2.62. The molecule has 0 bridgehead atoms. The van der Waals surface area contributed by atoms with Crippen LogP contribution in [-0.4, -0.2) is 16.5 Å². The molecule has 0 aliphatic carbocycles. The normalized spacial score (nSPS) is 12.9. The number of hydrogen-bond donors (Lipinski definition) is 2. The van der Waals surface area contributed by atoms with Gasteiger partial charge in [0, 0.05) is 11.4 Å². The molecule has 1 rings (SSSR count). The van der Waals surface area contributed by atoms with Crippen molar-refractivity contribution >= 4 is 21.6 Å². The first-order valence-corrected chi connectivity index (χ1v) is 6.10. The zero-order chi connectivity index (χ0) is 11.4. The minimum absolute atomic E-state index is 0.348. The molecule has 1 aromatic rings. The summed E-state index contributed by atoms with van der Waals surface area (Å²) in [6, 6.07) is 5.73. The van der Waals surface area contributed by atoms with Gasteiger partial charge in [0.15, 0.2) is 0 Å². The molecular formula is C12H18BrNO. The van der Waals surface area contributed by atoms with Crippen LogP contribution < -0.4 is 5.32 Å². The maximum atomic E-state index is 9.77. The maximum Gasteiger partial charge on any atom is 0.141 e. The van der Waals surface area contributed by atoms with E-state index in [1.54, 1.807) is 0 Å². The lowest BCUT2D eigenvalue weighted by Gasteiger charge is -2.16. The Kier molecular flexibility index (Phi) is 4.45. The third kappa shape index (κ3) is 3.42. The molecule has 2 N–H and O–H groups in total. The van der Waals surface area contributed by atoms with Gasteiger partial charge in [-0.2, -0.15) is 0 Å². The van der Waals surface area contributed by atoms with Crippen LogP contribution in [-0.2, 0) is 0 Å². The van der Waals surface area contributed by atoms with Gasteiger partial charge in [0.1, 0.15) is 5.75 Å². The van der Waals surface area contributed by atoms with Gasteiger partial charge in [-0.05, 0) is 24.5 Å². The summed E-state index contributed by atoms with van der Waals surface area (Å²) in [6.07, 6.45) is 0. The number of halogens is 1. The Morgan fingerprint density at radius 3 is 2.67 bits per heavy atom. The van der Waals surface area contributed by atoms with Crippen LogP contribution in [0.25, 0.3) is 0 Å². The van der Waals surface area contributed by atoms with E-state index in [0.717, 1.165) is 17.8 Å². The number of aryl methyl sites for hydroxylation is 1. The Hall–Kier alpha value is -0.700. The predicted octanol–water partition coefficient (Wildman–Crippen LogP) is 3.53. The summed E-state index contributed by atoms with van der Waals surface area (Å²) >= 11 is 3.60. The molecule has 3 heteroatoms. The summed E-state index contributed by atoms with van der Waals surface area (Å²) in [4.78, 5) is 0.414. The third-order valence-electron chi connectivity index (χ3n) is 2.45. The van der Waals surface area contributed by atoms with Gasteiger partial charge in [-0.1, -0.05) is 41.9 Å². The van der Waals surface area contributed by atoms with Crippen LogP contribution in [0.5, 0.6) is 5.75 Å². The van der Waals surface area contributed by atoms with E-state index in [2.05, 4.69) is 35.1 Å². The molecule has 0 spiro atoms. The van der Waals surface area contributed by atoms with E-state index in [1.807, 2.05) is 25.1 Å². The van der Waals surface area contributed by atoms with Crippen molar-refractivity contribution < 1.29 is 5.11 Å². The minimum Gasteiger partial charge on any atom is -0.506 e. The zero-order valence-electron chi connectivity index (χ0n) is 9.42. The highest BCUT2D eigenvalue weighted by atomic mass is 79.9. The molecule has 0 saturated heterocycles. The van der Waals surface area contributed by atoms with Crippen molar-refractivity contribution in [3.63, 3.8) is 0 Å². The Morgan fingerprint density at radius 1 is 1.40 bits per heavy atom. The number of para-hydroxylation sites is 1. The quantitative estimate of drug-likeness (QED) is 0.649. The van der Waals surface area contributed by atoms with Gasteiger partial charge < -0.3 is 10.4 Å². The van der Waals surface area contributed by atoms with Crippen LogP contribution >= 0.6 is 15.9 Å². The molecule has 0 amide bonds. The molecule has 0 aliphatic rings. The number of hydrogen-bond acceptors (Lipinski definition) is 2. The first-order valence-electron chi connectivity index (χ1n) is 5.19. The van der Waals surface area contributed by atoms with Gasteiger partial charge in [0.05, 0.1) is 5.69 Å². The molecule has 1 atom stereocenters. The molecule has 0 saturated carbocycles. The van der Waals surface area contributed by atoms with Crippen molar-refractivity contribution in [1.29, 1.82) is 0 Å². The van der Waals surface area contributed by atoms with Crippen molar-refractivity contribution in [2.75, 3.05) is 11.9 Å². The van der Waals surface area contributed by atoms with Crippen molar-refractivity contribution in [2.24, 2.45) is 5.92 Å². The summed E-state index contributed by atoms with van der Waals surface area (Å²) in [5.74, 6) is 0.922. The molecular weight excluding hydrogens is 254 g/mol. The van der Waals surface area contributed by atoms with E-state index in [9.17, 15) is 5.11 Å². The van der Waals surface area contributed by atoms with Crippen molar-refractivity contribution in [1.82, 2.24) is 0 Å². The zero-order valence-corrected chi connectivity index (χ0v) is 11.0. The summed E-state index contributed by atoms with van der Waals surface area (Å²) in [5, 5.41) is 13.0. The lowest BCUT2D eigenvalue weighted by Crippen LogP contribution is -2.19. The molecule has 0 aliphatic heterocycles. The fourth-order valence-electron chi connectivity index (χ4n) is 1.24. The lowest BCUT2D eigenvalue weighted by molar-refractivity contribution is 0.472. The van der Waals surface area contributed by atoms with Crippen molar-refractivity contribution in [3.8, 4) is 5.75 Å². The molecule has 0 aromatic heterocycles. The van der Waals surface area contributed by atoms with Gasteiger partial charge >= 0.3 is 0 Å². The highest BCUT2D eigenvalue weighted by Gasteiger charge is 2.10. The second-order valence-electron chi connectivity index (χ2n) is 4.11. The molecule has 1 aromatic carbocycles. The van der Waals surface area contributed by atoms with Crippen LogP contribution in [0.1, 0.15) is 19.4 Å². The fourth-order valence-corrected chi connectivity index (χ4v) is 1.41. The van der Waals surface area contributed by atoms with Gasteiger partial charge in [-0.3, -0.25) is 0 Å². The maximum absolute atomic E-state index is 9.77. The van der Waals surface area contributed by atoms with Crippen LogP contribution in [0.2, 0.25) is 0 Å². The first kappa shape index (κ1) is 12.4. The Morgan fingerprint density at radius 2 is 2.07 bits per heavy atom. The summed E-state index contributed by atoms with van der Waals surface area (Å²) < 4.78 is 0. The molecule has 84 valence electrons. The van der Waals surface area contributed by atoms with Crippen molar-refractivity contribution in [3.05, 3.63) is 23.8 Å². The summed E-state index contributed by atoms with van der Waals surface area (Å²) in [5.41, 5.74) is 1.70. The van der Waals surface area contributed by atoms with E-state index in [-0.39, 0.29) is 0 Å². The largest absolute Gasteiger partial charge is 0.506 e. The minimum atomic E-state index is 0.348. The van der Waals surface area contributed by atoms with Crippen molar-refractivity contribution in [2.45, 2.75) is 25.6 Å². The monoisotopic (exact) mass is 271 g/mol. The average molecular weight is 272 g/mol. The fraction of sp³-hybridized carbons (Fsp3) is 0.500. The molecule has 15 heavy (non-hydrogen) atoms. The number of rotatable bonds is 4. The summed E-state index contributed by atoms with van der Waals surface area (Å²) in [7, 11) is 0. The molecule has 2 nitrogen and oxygen atoms in total. The van der Waals surface area contributed by atoms with E-state index in [0.29, 0.717) is 16.5 Å². The average Bonchev–Trinajstić information content (AvgIpc) is 2.19. The Bertz CT molecular complexity index is 325. The number of alkyl halides is 1. The second-order valence-corrected chi connectivity index (χ2v) is 5.29. The number of phenols is 1. The number of benzene rings is 1. The smallest absolute Gasteiger partial charge is 0.141 e. The van der Waals surface area contributed by atoms with Crippen LogP contribution in [0.4, 0.5) is 5.69 Å². The molecule has 0 heterocycles. The van der Waals surface area contributed by atoms with Crippen LogP contribution in [0, 0.1) is 12.8 Å². The molecule has 1 unspecified atom stereocenters. The number of anilines is 1. The van der Waals surface area contributed by atoms with E-state index >= 15 is 0 Å². The van der Waals surface area contributed by atoms with Crippen LogP contribution in [0.3, 0.4) is 0 Å². The highest BCUT2D eigenvalue weighted by molar-refractivity contribution is 9.09. The topological polar surface area (TPSA) is 32.3 Å². The number of aromatic hydroxyl groups is 1. The lowest BCUT2D eigenvalue weighted by atomic mass is 10.1. The van der Waals surface area contributed by atoms with Gasteiger partial charge in [-0.25, -0.2) is 0 Å². The van der Waals surface area contributed by atoms with E-state index in [1.165, 1.54) is 0 Å². The van der Waals surface area contributed by atoms with Gasteiger partial charge in [0.25, 0.3) is 0 Å². The highest BCUT2D eigenvalue weighted by Crippen LogP contribution is 2.27. The SMILES string of the molecule is Cc1cccc(NCC(Br)C(C)C)c1O. The van der Waals surface area contributed by atoms with Crippen LogP contribution in [0.15, 0.2) is 18.2 Å². The van der Waals surface area contributed by atoms with E-state index in [4.69, 9.17) is 0 Å². The number of phenolic OH excluding ortho intramolecular Hbond substituents is 1. The first-order chi connectivity index (χ1) is 7.02. The Labute approximate surface area is 99.8 Å². The van der Waals surface area contributed by atoms with Gasteiger partial charge in [-0.15, -0.1) is 0 Å². The standard InChI is InChI=1S/C12H18BrNO/c1-8(2)10(13)7-14-11-6-4-5-9(3)12(11)15/h4-6,8,10,14-15H,7H2,1-3H3. The number of nitrogens with one attached hydrogen (secondary N) is 1. The predicted molar refractivity (Wildman–Crippen MR) is 68.9 cm³/mol.